The molecule has 2 saturated heterocycles. The second-order valence-electron chi connectivity index (χ2n) is 8.48. The fraction of sp³-hybridized carbons (Fsp3) is 0.458. The van der Waals surface area contributed by atoms with Crippen molar-refractivity contribution in [3.8, 4) is 0 Å². The van der Waals surface area contributed by atoms with Crippen molar-refractivity contribution in [3.63, 3.8) is 0 Å². The Morgan fingerprint density at radius 2 is 1.93 bits per heavy atom. The molecule has 1 amide bonds. The topological polar surface area (TPSA) is 32.8 Å². The molecule has 0 aromatic heterocycles. The first kappa shape index (κ1) is 20.0. The molecular weight excluding hydrogens is 367 g/mol. The van der Waals surface area contributed by atoms with E-state index >= 15 is 0 Å². The summed E-state index contributed by atoms with van der Waals surface area (Å²) in [5, 5.41) is 0. The van der Waals surface area contributed by atoms with Crippen LogP contribution in [0.4, 0.5) is 10.1 Å². The standard InChI is InChI=1S/C24H29FN2O2/c1-18-7-8-20(13-19(18)2)15-26-11-4-9-24(10-12-26)17-27(23(28)16-29-24)22-6-3-5-21(25)14-22/h3,5-8,13-14H,4,9-12,15-17H2,1-2H3. The van der Waals surface area contributed by atoms with E-state index in [0.717, 1.165) is 38.9 Å². The molecule has 0 aliphatic carbocycles. The number of hydrogen-bond donors (Lipinski definition) is 0. The van der Waals surface area contributed by atoms with Gasteiger partial charge in [0, 0.05) is 18.8 Å². The molecule has 5 heteroatoms. The van der Waals surface area contributed by atoms with Crippen LogP contribution in [-0.2, 0) is 16.1 Å². The number of carbonyl (C=O) groups excluding carboxylic acids is 1. The number of halogens is 1. The molecule has 2 aromatic rings. The molecule has 0 bridgehead atoms. The van der Waals surface area contributed by atoms with Crippen LogP contribution in [0.25, 0.3) is 0 Å². The van der Waals surface area contributed by atoms with Gasteiger partial charge in [0.25, 0.3) is 5.91 Å². The number of carbonyl (C=O) groups is 1. The van der Waals surface area contributed by atoms with Crippen LogP contribution in [0, 0.1) is 19.7 Å². The van der Waals surface area contributed by atoms with E-state index in [2.05, 4.69) is 36.9 Å². The zero-order valence-electron chi connectivity index (χ0n) is 17.3. The van der Waals surface area contributed by atoms with Gasteiger partial charge in [-0.1, -0.05) is 24.3 Å². The van der Waals surface area contributed by atoms with Crippen molar-refractivity contribution in [2.45, 2.75) is 45.3 Å². The van der Waals surface area contributed by atoms with Crippen molar-refractivity contribution < 1.29 is 13.9 Å². The lowest BCUT2D eigenvalue weighted by atomic mass is 9.92. The zero-order valence-corrected chi connectivity index (χ0v) is 17.3. The lowest BCUT2D eigenvalue weighted by Crippen LogP contribution is -2.55. The van der Waals surface area contributed by atoms with Gasteiger partial charge in [-0.25, -0.2) is 4.39 Å². The van der Waals surface area contributed by atoms with Gasteiger partial charge in [-0.15, -0.1) is 0 Å². The summed E-state index contributed by atoms with van der Waals surface area (Å²) >= 11 is 0. The molecule has 0 radical (unpaired) electrons. The molecule has 0 saturated carbocycles. The lowest BCUT2D eigenvalue weighted by Gasteiger charge is -2.42. The first-order chi connectivity index (χ1) is 13.9. The van der Waals surface area contributed by atoms with Crippen molar-refractivity contribution in [3.05, 3.63) is 65.0 Å². The predicted octanol–water partition coefficient (Wildman–Crippen LogP) is 4.23. The molecule has 1 unspecified atom stereocenters. The van der Waals surface area contributed by atoms with Crippen molar-refractivity contribution >= 4 is 11.6 Å². The maximum atomic E-state index is 13.7. The Morgan fingerprint density at radius 1 is 1.07 bits per heavy atom. The van der Waals surface area contributed by atoms with Gasteiger partial charge in [0.1, 0.15) is 12.4 Å². The van der Waals surface area contributed by atoms with Crippen molar-refractivity contribution in [1.82, 2.24) is 4.90 Å². The molecule has 4 nitrogen and oxygen atoms in total. The molecule has 1 spiro atoms. The van der Waals surface area contributed by atoms with E-state index < -0.39 is 0 Å². The summed E-state index contributed by atoms with van der Waals surface area (Å²) in [5.74, 6) is -0.422. The number of nitrogens with zero attached hydrogens (tertiary/aromatic N) is 2. The van der Waals surface area contributed by atoms with Crippen molar-refractivity contribution in [1.29, 1.82) is 0 Å². The number of aryl methyl sites for hydroxylation is 2. The number of rotatable bonds is 3. The van der Waals surface area contributed by atoms with Gasteiger partial charge < -0.3 is 9.64 Å². The fourth-order valence-electron chi connectivity index (χ4n) is 4.44. The molecule has 2 aliphatic rings. The molecule has 0 N–H and O–H groups in total. The van der Waals surface area contributed by atoms with Crippen LogP contribution in [0.15, 0.2) is 42.5 Å². The second-order valence-corrected chi connectivity index (χ2v) is 8.48. The Morgan fingerprint density at radius 3 is 2.72 bits per heavy atom. The van der Waals surface area contributed by atoms with E-state index in [1.807, 2.05) is 0 Å². The summed E-state index contributed by atoms with van der Waals surface area (Å²) in [6, 6.07) is 13.0. The Kier molecular flexibility index (Phi) is 5.70. The Bertz CT molecular complexity index is 900. The Balaban J connectivity index is 1.45. The van der Waals surface area contributed by atoms with E-state index in [4.69, 9.17) is 4.74 Å². The molecule has 2 aromatic carbocycles. The second kappa shape index (κ2) is 8.25. The summed E-state index contributed by atoms with van der Waals surface area (Å²) in [6.07, 6.45) is 2.81. The quantitative estimate of drug-likeness (QED) is 0.778. The molecule has 154 valence electrons. The number of amides is 1. The highest BCUT2D eigenvalue weighted by Crippen LogP contribution is 2.33. The van der Waals surface area contributed by atoms with E-state index in [9.17, 15) is 9.18 Å². The molecule has 1 atom stereocenters. The maximum Gasteiger partial charge on any atom is 0.253 e. The Labute approximate surface area is 172 Å². The normalized spacial score (nSPS) is 23.4. The van der Waals surface area contributed by atoms with Crippen LogP contribution in [-0.4, -0.2) is 42.6 Å². The van der Waals surface area contributed by atoms with Crippen LogP contribution >= 0.6 is 0 Å². The largest absolute Gasteiger partial charge is 0.363 e. The van der Waals surface area contributed by atoms with E-state index in [1.54, 1.807) is 17.0 Å². The van der Waals surface area contributed by atoms with E-state index in [1.165, 1.54) is 28.8 Å². The van der Waals surface area contributed by atoms with Gasteiger partial charge in [0.15, 0.2) is 0 Å². The third kappa shape index (κ3) is 4.51. The smallest absolute Gasteiger partial charge is 0.253 e. The monoisotopic (exact) mass is 396 g/mol. The predicted molar refractivity (Wildman–Crippen MR) is 112 cm³/mol. The average Bonchev–Trinajstić information content (AvgIpc) is 2.89. The number of hydrogen-bond acceptors (Lipinski definition) is 3. The first-order valence-corrected chi connectivity index (χ1v) is 10.4. The summed E-state index contributed by atoms with van der Waals surface area (Å²) in [6.45, 7) is 7.74. The van der Waals surface area contributed by atoms with Crippen LogP contribution in [0.1, 0.15) is 36.0 Å². The molecule has 2 aliphatic heterocycles. The zero-order chi connectivity index (χ0) is 20.4. The summed E-state index contributed by atoms with van der Waals surface area (Å²) < 4.78 is 19.8. The number of benzene rings is 2. The van der Waals surface area contributed by atoms with Gasteiger partial charge in [-0.05, 0) is 74.5 Å². The van der Waals surface area contributed by atoms with Gasteiger partial charge in [0.05, 0.1) is 12.1 Å². The number of ether oxygens (including phenoxy) is 1. The van der Waals surface area contributed by atoms with Gasteiger partial charge in [0.2, 0.25) is 0 Å². The molecular formula is C24H29FN2O2. The number of morpholine rings is 1. The molecule has 29 heavy (non-hydrogen) atoms. The van der Waals surface area contributed by atoms with E-state index in [-0.39, 0.29) is 23.9 Å². The van der Waals surface area contributed by atoms with Crippen LogP contribution in [0.2, 0.25) is 0 Å². The van der Waals surface area contributed by atoms with Gasteiger partial charge in [-0.3, -0.25) is 9.69 Å². The molecule has 2 heterocycles. The average molecular weight is 397 g/mol. The van der Waals surface area contributed by atoms with Gasteiger partial charge in [-0.2, -0.15) is 0 Å². The van der Waals surface area contributed by atoms with Gasteiger partial charge >= 0.3 is 0 Å². The minimum absolute atomic E-state index is 0.0632. The van der Waals surface area contributed by atoms with Crippen LogP contribution in [0.5, 0.6) is 0 Å². The van der Waals surface area contributed by atoms with E-state index in [0.29, 0.717) is 12.2 Å². The number of anilines is 1. The summed E-state index contributed by atoms with van der Waals surface area (Å²) in [4.78, 5) is 16.6. The first-order valence-electron chi connectivity index (χ1n) is 10.4. The molecule has 4 rings (SSSR count). The number of likely N-dealkylation sites (tertiary alicyclic amines) is 1. The SMILES string of the molecule is Cc1ccc(CN2CCCC3(CC2)CN(c2cccc(F)c2)C(=O)CO3)cc1C. The summed E-state index contributed by atoms with van der Waals surface area (Å²) in [7, 11) is 0. The third-order valence-electron chi connectivity index (χ3n) is 6.34. The van der Waals surface area contributed by atoms with Crippen LogP contribution < -0.4 is 4.90 Å². The summed E-state index contributed by atoms with van der Waals surface area (Å²) in [5.41, 5.74) is 4.26. The third-order valence-corrected chi connectivity index (χ3v) is 6.34. The Hall–Kier alpha value is -2.24. The molecule has 2 fully saturated rings. The maximum absolute atomic E-state index is 13.7. The lowest BCUT2D eigenvalue weighted by molar-refractivity contribution is -0.140. The highest BCUT2D eigenvalue weighted by Gasteiger charge is 2.41. The minimum atomic E-state index is -0.349. The fourth-order valence-corrected chi connectivity index (χ4v) is 4.44. The van der Waals surface area contributed by atoms with Crippen LogP contribution in [0.3, 0.4) is 0 Å². The minimum Gasteiger partial charge on any atom is -0.363 e. The van der Waals surface area contributed by atoms with Crippen molar-refractivity contribution in [2.24, 2.45) is 0 Å². The highest BCUT2D eigenvalue weighted by atomic mass is 19.1. The van der Waals surface area contributed by atoms with Crippen molar-refractivity contribution in [2.75, 3.05) is 31.1 Å². The highest BCUT2D eigenvalue weighted by molar-refractivity contribution is 5.95.